The number of aromatic hydroxyl groups is 3. The zero-order chi connectivity index (χ0) is 30.2. The van der Waals surface area contributed by atoms with Crippen LogP contribution in [0.3, 0.4) is 0 Å². The Kier molecular flexibility index (Phi) is 7.87. The van der Waals surface area contributed by atoms with Gasteiger partial charge >= 0.3 is 0 Å². The van der Waals surface area contributed by atoms with Crippen LogP contribution in [0.2, 0.25) is 0 Å². The number of Topliss-reactive ketones (excluding diaryl/α,β-unsaturated/α-hetero) is 1. The molecule has 3 aromatic carbocycles. The average Bonchev–Trinajstić information content (AvgIpc) is 3.43. The number of rotatable bonds is 5. The van der Waals surface area contributed by atoms with Crippen LogP contribution in [-0.2, 0) is 16.6 Å². The van der Waals surface area contributed by atoms with Crippen molar-refractivity contribution in [3.63, 3.8) is 0 Å². The van der Waals surface area contributed by atoms with Gasteiger partial charge in [0.25, 0.3) is 0 Å². The summed E-state index contributed by atoms with van der Waals surface area (Å²) in [5, 5.41) is 43.2. The van der Waals surface area contributed by atoms with Crippen LogP contribution in [-0.4, -0.2) is 38.9 Å². The zero-order valence-electron chi connectivity index (χ0n) is 24.6. The van der Waals surface area contributed by atoms with Gasteiger partial charge in [0.15, 0.2) is 23.0 Å². The van der Waals surface area contributed by atoms with E-state index in [1.54, 1.807) is 18.2 Å². The Labute approximate surface area is 253 Å². The van der Waals surface area contributed by atoms with Crippen molar-refractivity contribution in [1.82, 2.24) is 0 Å². The van der Waals surface area contributed by atoms with Gasteiger partial charge in [-0.1, -0.05) is 54.8 Å². The molecule has 0 aliphatic heterocycles. The number of fused-ring (bicyclic) bond motifs is 3. The number of carbonyl (C=O) groups is 1. The molecule has 224 valence electrons. The molecule has 0 saturated heterocycles. The molecule has 0 amide bonds. The maximum Gasteiger partial charge on any atom is 0.160 e. The summed E-state index contributed by atoms with van der Waals surface area (Å²) in [6.07, 6.45) is 5.54. The molecule has 3 aliphatic rings. The highest BCUT2D eigenvalue weighted by atomic mass is 16.5. The highest BCUT2D eigenvalue weighted by Gasteiger charge is 2.60. The van der Waals surface area contributed by atoms with Crippen LogP contribution in [0.1, 0.15) is 74.0 Å². The van der Waals surface area contributed by atoms with Gasteiger partial charge in [-0.15, -0.1) is 5.92 Å². The molecule has 0 heterocycles. The van der Waals surface area contributed by atoms with Crippen LogP contribution in [0.15, 0.2) is 66.7 Å². The van der Waals surface area contributed by atoms with Crippen LogP contribution < -0.4 is 4.74 Å². The van der Waals surface area contributed by atoms with Crippen LogP contribution in [0.5, 0.6) is 23.0 Å². The van der Waals surface area contributed by atoms with Gasteiger partial charge in [0.05, 0.1) is 12.7 Å². The van der Waals surface area contributed by atoms with E-state index in [2.05, 4.69) is 24.0 Å². The number of carbonyl (C=O) groups excluding carboxylic acids is 1. The molecule has 2 saturated carbocycles. The Morgan fingerprint density at radius 2 is 1.72 bits per heavy atom. The zero-order valence-corrected chi connectivity index (χ0v) is 24.6. The van der Waals surface area contributed by atoms with Crippen molar-refractivity contribution in [2.75, 3.05) is 7.11 Å². The quantitative estimate of drug-likeness (QED) is 0.206. The van der Waals surface area contributed by atoms with E-state index in [9.17, 15) is 25.2 Å². The van der Waals surface area contributed by atoms with Gasteiger partial charge in [-0.3, -0.25) is 4.79 Å². The molecule has 0 spiro atoms. The number of phenols is 3. The number of hydrogen-bond donors (Lipinski definition) is 4. The molecule has 6 rings (SSSR count). The lowest BCUT2D eigenvalue weighted by Crippen LogP contribution is -2.56. The highest BCUT2D eigenvalue weighted by Crippen LogP contribution is 2.61. The summed E-state index contributed by atoms with van der Waals surface area (Å²) in [6, 6.07) is 20.5. The Bertz CT molecular complexity index is 1550. The molecular formula is C37H40O6. The number of ketones is 1. The number of aliphatic hydroxyl groups is 1. The normalized spacial score (nSPS) is 30.4. The van der Waals surface area contributed by atoms with Crippen molar-refractivity contribution in [2.45, 2.75) is 74.7 Å². The first-order valence-corrected chi connectivity index (χ1v) is 15.4. The summed E-state index contributed by atoms with van der Waals surface area (Å²) in [5.74, 6) is 6.74. The summed E-state index contributed by atoms with van der Waals surface area (Å²) in [4.78, 5) is 14.0. The van der Waals surface area contributed by atoms with Gasteiger partial charge in [0.1, 0.15) is 5.78 Å². The lowest BCUT2D eigenvalue weighted by atomic mass is 9.51. The lowest BCUT2D eigenvalue weighted by molar-refractivity contribution is -0.137. The molecule has 6 atom stereocenters. The van der Waals surface area contributed by atoms with Crippen LogP contribution in [0, 0.1) is 29.6 Å². The average molecular weight is 581 g/mol. The third-order valence-corrected chi connectivity index (χ3v) is 10.5. The second-order valence-electron chi connectivity index (χ2n) is 12.8. The van der Waals surface area contributed by atoms with Gasteiger partial charge in [0.2, 0.25) is 0 Å². The summed E-state index contributed by atoms with van der Waals surface area (Å²) in [6.45, 7) is 0. The number of benzene rings is 3. The molecule has 3 aromatic rings. The number of ether oxygens (including phenoxy) is 1. The van der Waals surface area contributed by atoms with Gasteiger partial charge in [-0.25, -0.2) is 0 Å². The topological polar surface area (TPSA) is 107 Å². The Morgan fingerprint density at radius 3 is 2.49 bits per heavy atom. The van der Waals surface area contributed by atoms with Crippen molar-refractivity contribution >= 4 is 5.78 Å². The second-order valence-corrected chi connectivity index (χ2v) is 12.8. The Hall–Kier alpha value is -3.95. The van der Waals surface area contributed by atoms with Crippen molar-refractivity contribution in [1.29, 1.82) is 0 Å². The van der Waals surface area contributed by atoms with Crippen molar-refractivity contribution in [2.24, 2.45) is 17.8 Å². The predicted molar refractivity (Wildman–Crippen MR) is 164 cm³/mol. The van der Waals surface area contributed by atoms with Gasteiger partial charge in [-0.05, 0) is 79.0 Å². The van der Waals surface area contributed by atoms with Crippen molar-refractivity contribution in [3.8, 4) is 34.8 Å². The van der Waals surface area contributed by atoms with Crippen molar-refractivity contribution < 1.29 is 30.0 Å². The molecule has 6 heteroatoms. The molecule has 43 heavy (non-hydrogen) atoms. The third-order valence-electron chi connectivity index (χ3n) is 10.5. The number of methoxy groups -OCH3 is 1. The summed E-state index contributed by atoms with van der Waals surface area (Å²) in [7, 11) is 1.51. The van der Waals surface area contributed by atoms with Crippen LogP contribution in [0.4, 0.5) is 0 Å². The van der Waals surface area contributed by atoms with Crippen LogP contribution >= 0.6 is 0 Å². The van der Waals surface area contributed by atoms with Crippen molar-refractivity contribution in [3.05, 3.63) is 83.4 Å². The molecule has 2 fully saturated rings. The Morgan fingerprint density at radius 1 is 0.930 bits per heavy atom. The fourth-order valence-electron chi connectivity index (χ4n) is 8.55. The van der Waals surface area contributed by atoms with E-state index in [0.717, 1.165) is 42.4 Å². The number of hydrogen-bond acceptors (Lipinski definition) is 6. The van der Waals surface area contributed by atoms with E-state index in [1.165, 1.54) is 13.2 Å². The fraction of sp³-hybridized carbons (Fsp3) is 0.432. The largest absolute Gasteiger partial charge is 0.504 e. The van der Waals surface area contributed by atoms with E-state index in [-0.39, 0.29) is 53.6 Å². The third kappa shape index (κ3) is 5.36. The lowest BCUT2D eigenvalue weighted by Gasteiger charge is -2.54. The van der Waals surface area contributed by atoms with Gasteiger partial charge in [-0.2, -0.15) is 0 Å². The molecule has 0 unspecified atom stereocenters. The summed E-state index contributed by atoms with van der Waals surface area (Å²) in [5.41, 5.74) is 1.24. The van der Waals surface area contributed by atoms with E-state index < -0.39 is 11.0 Å². The summed E-state index contributed by atoms with van der Waals surface area (Å²) >= 11 is 0. The minimum atomic E-state index is -1.23. The predicted octanol–water partition coefficient (Wildman–Crippen LogP) is 6.39. The maximum absolute atomic E-state index is 14.0. The maximum atomic E-state index is 14.0. The molecule has 0 bridgehead atoms. The minimum Gasteiger partial charge on any atom is -0.504 e. The van der Waals surface area contributed by atoms with E-state index >= 15 is 0 Å². The molecule has 6 nitrogen and oxygen atoms in total. The van der Waals surface area contributed by atoms with E-state index in [0.29, 0.717) is 30.9 Å². The molecule has 0 radical (unpaired) electrons. The first-order valence-electron chi connectivity index (χ1n) is 15.4. The van der Waals surface area contributed by atoms with E-state index in [4.69, 9.17) is 4.74 Å². The number of phenolic OH excluding ortho intramolecular Hbond substituents is 3. The summed E-state index contributed by atoms with van der Waals surface area (Å²) < 4.78 is 5.41. The fourth-order valence-corrected chi connectivity index (χ4v) is 8.55. The van der Waals surface area contributed by atoms with E-state index in [1.807, 2.05) is 30.3 Å². The monoisotopic (exact) mass is 580 g/mol. The standard InChI is InChI=1S/C37H40O6/c1-43-34-20-26(12-14-32(34)40)30-22-29(38)23-36(42)18-16-27-10-6-17-37(27,28-13-15-31(39)33(41)21-28)35(36)11-5-9-25(30)19-24-7-3-2-4-8-24/h2-4,7-8,12-15,20-21,25,27,30,35,39-42H,6,10-11,16-19,22-23H2,1H3/t25-,27+,30+,35+,36-,37+/m0/s1. The molecule has 0 aromatic heterocycles. The molecular weight excluding hydrogens is 540 g/mol. The smallest absolute Gasteiger partial charge is 0.160 e. The first kappa shape index (κ1) is 29.1. The van der Waals surface area contributed by atoms with Gasteiger partial charge in [0, 0.05) is 42.4 Å². The molecule has 3 aliphatic carbocycles. The van der Waals surface area contributed by atoms with Crippen LogP contribution in [0.25, 0.3) is 0 Å². The molecule has 4 N–H and O–H groups in total. The SMILES string of the molecule is COc1cc([C@@H]2CC(=O)C[C@@]3(O)CC[C@H]4CCC[C@@]4(c4ccc(O)c(O)c4)[C@@H]3CC#C[C@H]2Cc2ccccc2)ccc1O. The first-order chi connectivity index (χ1) is 20.7. The highest BCUT2D eigenvalue weighted by molar-refractivity contribution is 5.81. The Balaban J connectivity index is 1.45. The minimum absolute atomic E-state index is 0.00791. The van der Waals surface area contributed by atoms with Gasteiger partial charge < -0.3 is 25.2 Å². The second kappa shape index (κ2) is 11.6.